The van der Waals surface area contributed by atoms with Crippen molar-refractivity contribution in [2.45, 2.75) is 25.8 Å². The van der Waals surface area contributed by atoms with Gasteiger partial charge in [0.2, 0.25) is 0 Å². The number of hydrogen-bond donors (Lipinski definition) is 1. The fourth-order valence-electron chi connectivity index (χ4n) is 3.88. The first kappa shape index (κ1) is 18.2. The number of aliphatic imine (C=N–C) groups is 1. The number of guanidine groups is 1. The number of hydrogen-bond acceptors (Lipinski definition) is 3. The molecule has 1 saturated heterocycles. The second-order valence-corrected chi connectivity index (χ2v) is 7.15. The first-order valence-electron chi connectivity index (χ1n) is 9.54. The molecule has 1 fully saturated rings. The number of methoxy groups -OCH3 is 1. The third kappa shape index (κ3) is 4.95. The van der Waals surface area contributed by atoms with Crippen LogP contribution in [-0.2, 0) is 17.7 Å². The zero-order valence-corrected chi connectivity index (χ0v) is 15.7. The smallest absolute Gasteiger partial charge is 0.193 e. The van der Waals surface area contributed by atoms with E-state index in [1.165, 1.54) is 37.1 Å². The van der Waals surface area contributed by atoms with Crippen molar-refractivity contribution in [2.75, 3.05) is 53.5 Å². The molecule has 0 spiro atoms. The van der Waals surface area contributed by atoms with Gasteiger partial charge in [-0.05, 0) is 49.4 Å². The Bertz CT molecular complexity index is 567. The van der Waals surface area contributed by atoms with Crippen molar-refractivity contribution in [3.63, 3.8) is 0 Å². The Hall–Kier alpha value is -1.59. The number of fused-ring (bicyclic) bond motifs is 1. The molecular formula is C20H32N4O. The Morgan fingerprint density at radius 1 is 1.20 bits per heavy atom. The van der Waals surface area contributed by atoms with Crippen LogP contribution < -0.4 is 5.32 Å². The Morgan fingerprint density at radius 3 is 2.68 bits per heavy atom. The molecule has 0 saturated carbocycles. The lowest BCUT2D eigenvalue weighted by molar-refractivity contribution is 0.120. The highest BCUT2D eigenvalue weighted by Crippen LogP contribution is 2.19. The topological polar surface area (TPSA) is 40.1 Å². The van der Waals surface area contributed by atoms with Crippen LogP contribution in [0.2, 0.25) is 0 Å². The van der Waals surface area contributed by atoms with Crippen LogP contribution in [0.3, 0.4) is 0 Å². The molecule has 2 aliphatic heterocycles. The van der Waals surface area contributed by atoms with Crippen molar-refractivity contribution in [3.05, 3.63) is 35.4 Å². The average Bonchev–Trinajstić information content (AvgIpc) is 2.67. The summed E-state index contributed by atoms with van der Waals surface area (Å²) in [7, 11) is 3.68. The van der Waals surface area contributed by atoms with Gasteiger partial charge in [0.15, 0.2) is 5.96 Å². The molecule has 0 atom stereocenters. The number of ether oxygens (including phenoxy) is 1. The second-order valence-electron chi connectivity index (χ2n) is 7.15. The lowest BCUT2D eigenvalue weighted by atomic mass is 9.97. The van der Waals surface area contributed by atoms with Crippen molar-refractivity contribution < 1.29 is 4.74 Å². The first-order chi connectivity index (χ1) is 12.3. The molecule has 0 aromatic heterocycles. The van der Waals surface area contributed by atoms with Crippen LogP contribution in [0.25, 0.3) is 0 Å². The van der Waals surface area contributed by atoms with Gasteiger partial charge in [-0.25, -0.2) is 0 Å². The van der Waals surface area contributed by atoms with E-state index in [4.69, 9.17) is 4.74 Å². The molecule has 2 heterocycles. The molecule has 25 heavy (non-hydrogen) atoms. The van der Waals surface area contributed by atoms with Gasteiger partial charge in [0.1, 0.15) is 0 Å². The van der Waals surface area contributed by atoms with Gasteiger partial charge in [-0.15, -0.1) is 0 Å². The highest BCUT2D eigenvalue weighted by atomic mass is 16.5. The van der Waals surface area contributed by atoms with Gasteiger partial charge in [0.05, 0.1) is 6.61 Å². The summed E-state index contributed by atoms with van der Waals surface area (Å²) in [5, 5.41) is 3.63. The van der Waals surface area contributed by atoms with Gasteiger partial charge in [-0.2, -0.15) is 0 Å². The monoisotopic (exact) mass is 344 g/mol. The van der Waals surface area contributed by atoms with Crippen molar-refractivity contribution in [2.24, 2.45) is 10.9 Å². The normalized spacial score (nSPS) is 19.8. The van der Waals surface area contributed by atoms with Crippen LogP contribution in [-0.4, -0.2) is 69.2 Å². The number of rotatable bonds is 5. The largest absolute Gasteiger partial charge is 0.383 e. The Kier molecular flexibility index (Phi) is 6.70. The minimum atomic E-state index is 0.743. The fraction of sp³-hybridized carbons (Fsp3) is 0.650. The molecule has 5 nitrogen and oxygen atoms in total. The third-order valence-corrected chi connectivity index (χ3v) is 5.51. The number of nitrogens with zero attached hydrogens (tertiary/aromatic N) is 3. The summed E-state index contributed by atoms with van der Waals surface area (Å²) in [6, 6.07) is 8.77. The van der Waals surface area contributed by atoms with Crippen LogP contribution in [0.5, 0.6) is 0 Å². The van der Waals surface area contributed by atoms with Crippen LogP contribution in [0.1, 0.15) is 24.0 Å². The van der Waals surface area contributed by atoms with Crippen molar-refractivity contribution in [1.82, 2.24) is 15.1 Å². The number of likely N-dealkylation sites (tertiary alicyclic amines) is 1. The van der Waals surface area contributed by atoms with Crippen LogP contribution >= 0.6 is 0 Å². The molecule has 0 unspecified atom stereocenters. The summed E-state index contributed by atoms with van der Waals surface area (Å²) >= 11 is 0. The molecule has 1 aromatic rings. The molecule has 5 heteroatoms. The SMILES string of the molecule is CN=C(NCC1CCN(CCOC)CC1)N1CCc2ccccc2C1. The molecule has 0 amide bonds. The lowest BCUT2D eigenvalue weighted by Crippen LogP contribution is -2.46. The van der Waals surface area contributed by atoms with E-state index in [2.05, 4.69) is 44.4 Å². The van der Waals surface area contributed by atoms with E-state index < -0.39 is 0 Å². The predicted molar refractivity (Wildman–Crippen MR) is 103 cm³/mol. The summed E-state index contributed by atoms with van der Waals surface area (Å²) in [4.78, 5) is 9.42. The molecule has 0 aliphatic carbocycles. The quantitative estimate of drug-likeness (QED) is 0.655. The number of benzene rings is 1. The summed E-state index contributed by atoms with van der Waals surface area (Å²) in [5.41, 5.74) is 2.92. The van der Waals surface area contributed by atoms with E-state index in [0.29, 0.717) is 0 Å². The summed E-state index contributed by atoms with van der Waals surface area (Å²) in [6.45, 7) is 7.31. The molecule has 138 valence electrons. The second kappa shape index (κ2) is 9.20. The van der Waals surface area contributed by atoms with Gasteiger partial charge in [-0.3, -0.25) is 4.99 Å². The summed E-state index contributed by atoms with van der Waals surface area (Å²) in [6.07, 6.45) is 3.63. The van der Waals surface area contributed by atoms with Gasteiger partial charge in [0, 0.05) is 40.3 Å². The van der Waals surface area contributed by atoms with Gasteiger partial charge in [0.25, 0.3) is 0 Å². The highest BCUT2D eigenvalue weighted by Gasteiger charge is 2.22. The van der Waals surface area contributed by atoms with E-state index >= 15 is 0 Å². The van der Waals surface area contributed by atoms with Gasteiger partial charge < -0.3 is 19.9 Å². The maximum absolute atomic E-state index is 5.18. The summed E-state index contributed by atoms with van der Waals surface area (Å²) in [5.74, 6) is 1.80. The third-order valence-electron chi connectivity index (χ3n) is 5.51. The molecule has 1 N–H and O–H groups in total. The molecule has 1 aromatic carbocycles. The maximum atomic E-state index is 5.18. The average molecular weight is 345 g/mol. The van der Waals surface area contributed by atoms with E-state index in [9.17, 15) is 0 Å². The number of piperidine rings is 1. The maximum Gasteiger partial charge on any atom is 0.193 e. The molecule has 2 aliphatic rings. The highest BCUT2D eigenvalue weighted by molar-refractivity contribution is 5.80. The molecule has 0 bridgehead atoms. The lowest BCUT2D eigenvalue weighted by Gasteiger charge is -2.34. The van der Waals surface area contributed by atoms with Crippen molar-refractivity contribution >= 4 is 5.96 Å². The molecule has 0 radical (unpaired) electrons. The van der Waals surface area contributed by atoms with Gasteiger partial charge in [-0.1, -0.05) is 24.3 Å². The van der Waals surface area contributed by atoms with Crippen molar-refractivity contribution in [3.8, 4) is 0 Å². The predicted octanol–water partition coefficient (Wildman–Crippen LogP) is 1.98. The van der Waals surface area contributed by atoms with Crippen molar-refractivity contribution in [1.29, 1.82) is 0 Å². The fourth-order valence-corrected chi connectivity index (χ4v) is 3.88. The standard InChI is InChI=1S/C20H32N4O/c1-21-20(24-12-9-18-5-3-4-6-19(18)16-24)22-15-17-7-10-23(11-8-17)13-14-25-2/h3-6,17H,7-16H2,1-2H3,(H,21,22). The first-order valence-corrected chi connectivity index (χ1v) is 9.54. The van der Waals surface area contributed by atoms with Crippen LogP contribution in [0.4, 0.5) is 0 Å². The Balaban J connectivity index is 1.45. The van der Waals surface area contributed by atoms with E-state index in [-0.39, 0.29) is 0 Å². The van der Waals surface area contributed by atoms with Crippen LogP contribution in [0.15, 0.2) is 29.3 Å². The van der Waals surface area contributed by atoms with E-state index in [1.807, 2.05) is 7.05 Å². The molecule has 3 rings (SSSR count). The Labute approximate surface area is 152 Å². The zero-order valence-electron chi connectivity index (χ0n) is 15.7. The number of nitrogens with one attached hydrogen (secondary N) is 1. The van der Waals surface area contributed by atoms with Crippen LogP contribution in [0, 0.1) is 5.92 Å². The zero-order chi connectivity index (χ0) is 17.5. The minimum Gasteiger partial charge on any atom is -0.383 e. The van der Waals surface area contributed by atoms with E-state index in [0.717, 1.165) is 51.1 Å². The minimum absolute atomic E-state index is 0.743. The summed E-state index contributed by atoms with van der Waals surface area (Å²) < 4.78 is 5.18. The van der Waals surface area contributed by atoms with Gasteiger partial charge >= 0.3 is 0 Å². The Morgan fingerprint density at radius 2 is 1.96 bits per heavy atom. The van der Waals surface area contributed by atoms with E-state index in [1.54, 1.807) is 7.11 Å². The molecular weight excluding hydrogens is 312 g/mol.